The van der Waals surface area contributed by atoms with Gasteiger partial charge in [0.05, 0.1) is 33.3 Å². The van der Waals surface area contributed by atoms with Crippen LogP contribution in [0, 0.1) is 0 Å². The predicted octanol–water partition coefficient (Wildman–Crippen LogP) is 2.75. The molecule has 0 atom stereocenters. The molecular formula is C21H25ClN3O+. The molecule has 0 saturated carbocycles. The van der Waals surface area contributed by atoms with Crippen molar-refractivity contribution in [2.75, 3.05) is 33.3 Å². The van der Waals surface area contributed by atoms with Crippen LogP contribution in [0.2, 0.25) is 5.02 Å². The van der Waals surface area contributed by atoms with Crippen LogP contribution in [0.15, 0.2) is 59.7 Å². The second-order valence-corrected chi connectivity index (χ2v) is 6.74. The van der Waals surface area contributed by atoms with Crippen LogP contribution in [0.4, 0.5) is 0 Å². The summed E-state index contributed by atoms with van der Waals surface area (Å²) in [6, 6.07) is 16.1. The van der Waals surface area contributed by atoms with E-state index in [0.29, 0.717) is 0 Å². The first-order valence-electron chi connectivity index (χ1n) is 8.92. The number of piperazine rings is 1. The van der Waals surface area contributed by atoms with Gasteiger partial charge in [-0.05, 0) is 24.3 Å². The zero-order chi connectivity index (χ0) is 18.2. The number of hydrogen-bond donors (Lipinski definition) is 1. The molecule has 0 unspecified atom stereocenters. The van der Waals surface area contributed by atoms with Crippen molar-refractivity contribution in [3.05, 3.63) is 70.8 Å². The summed E-state index contributed by atoms with van der Waals surface area (Å²) in [7, 11) is 1.69. The maximum absolute atomic E-state index is 6.26. The molecule has 1 aliphatic heterocycles. The molecule has 1 fully saturated rings. The van der Waals surface area contributed by atoms with Crippen molar-refractivity contribution in [2.45, 2.75) is 6.54 Å². The van der Waals surface area contributed by atoms with Crippen molar-refractivity contribution in [1.82, 2.24) is 5.01 Å². The summed E-state index contributed by atoms with van der Waals surface area (Å²) in [6.45, 7) is 5.03. The molecule has 1 N–H and O–H groups in total. The van der Waals surface area contributed by atoms with Crippen molar-refractivity contribution >= 4 is 23.9 Å². The third-order valence-electron chi connectivity index (χ3n) is 4.58. The minimum absolute atomic E-state index is 0.863. The van der Waals surface area contributed by atoms with Gasteiger partial charge in [-0.3, -0.25) is 5.01 Å². The predicted molar refractivity (Wildman–Crippen MR) is 108 cm³/mol. The third-order valence-corrected chi connectivity index (χ3v) is 4.94. The third kappa shape index (κ3) is 5.10. The van der Waals surface area contributed by atoms with Gasteiger partial charge in [0.25, 0.3) is 0 Å². The molecule has 0 aliphatic carbocycles. The minimum atomic E-state index is 0.863. The Balaban J connectivity index is 1.47. The van der Waals surface area contributed by atoms with Crippen molar-refractivity contribution < 1.29 is 9.64 Å². The highest BCUT2D eigenvalue weighted by Gasteiger charge is 2.19. The number of methoxy groups -OCH3 is 1. The van der Waals surface area contributed by atoms with E-state index in [2.05, 4.69) is 22.2 Å². The highest BCUT2D eigenvalue weighted by atomic mass is 35.5. The number of quaternary nitrogens is 1. The number of benzene rings is 2. The number of allylic oxidation sites excluding steroid dienone is 1. The molecule has 1 saturated heterocycles. The van der Waals surface area contributed by atoms with Gasteiger partial charge in [-0.1, -0.05) is 48.0 Å². The van der Waals surface area contributed by atoms with E-state index in [1.54, 1.807) is 12.0 Å². The summed E-state index contributed by atoms with van der Waals surface area (Å²) in [6.07, 6.45) is 5.83. The lowest BCUT2D eigenvalue weighted by molar-refractivity contribution is -0.918. The van der Waals surface area contributed by atoms with E-state index in [-0.39, 0.29) is 0 Å². The van der Waals surface area contributed by atoms with Crippen LogP contribution < -0.4 is 9.64 Å². The van der Waals surface area contributed by atoms with Gasteiger partial charge >= 0.3 is 0 Å². The summed E-state index contributed by atoms with van der Waals surface area (Å²) >= 11 is 6.26. The molecule has 0 radical (unpaired) electrons. The van der Waals surface area contributed by atoms with Gasteiger partial charge in [-0.15, -0.1) is 0 Å². The van der Waals surface area contributed by atoms with Crippen LogP contribution in [-0.4, -0.2) is 44.5 Å². The summed E-state index contributed by atoms with van der Waals surface area (Å²) in [5, 5.41) is 7.54. The number of ether oxygens (including phenoxy) is 1. The van der Waals surface area contributed by atoms with Gasteiger partial charge in [-0.2, -0.15) is 5.10 Å². The Morgan fingerprint density at radius 1 is 1.12 bits per heavy atom. The SMILES string of the molecule is COc1ccccc1/C=C/C=N\N1CC[NH+](Cc2ccccc2Cl)CC1. The van der Waals surface area contributed by atoms with E-state index in [0.717, 1.165) is 49.1 Å². The second-order valence-electron chi connectivity index (χ2n) is 6.34. The van der Waals surface area contributed by atoms with Crippen LogP contribution in [0.3, 0.4) is 0 Å². The molecule has 26 heavy (non-hydrogen) atoms. The maximum atomic E-state index is 6.26. The first-order chi connectivity index (χ1) is 12.8. The quantitative estimate of drug-likeness (QED) is 0.792. The number of hydrogen-bond acceptors (Lipinski definition) is 3. The van der Waals surface area contributed by atoms with E-state index < -0.39 is 0 Å². The fraction of sp³-hybridized carbons (Fsp3) is 0.286. The molecule has 136 valence electrons. The molecular weight excluding hydrogens is 346 g/mol. The van der Waals surface area contributed by atoms with Crippen molar-refractivity contribution in [3.8, 4) is 5.75 Å². The monoisotopic (exact) mass is 370 g/mol. The molecule has 2 aromatic carbocycles. The Morgan fingerprint density at radius 2 is 1.85 bits per heavy atom. The lowest BCUT2D eigenvalue weighted by atomic mass is 10.2. The Morgan fingerprint density at radius 3 is 2.62 bits per heavy atom. The van der Waals surface area contributed by atoms with E-state index in [4.69, 9.17) is 16.3 Å². The minimum Gasteiger partial charge on any atom is -0.496 e. The van der Waals surface area contributed by atoms with E-state index in [1.807, 2.05) is 54.8 Å². The first-order valence-corrected chi connectivity index (χ1v) is 9.29. The number of nitrogens with one attached hydrogen (secondary N) is 1. The number of hydrazone groups is 1. The largest absolute Gasteiger partial charge is 0.496 e. The smallest absolute Gasteiger partial charge is 0.126 e. The summed E-state index contributed by atoms with van der Waals surface area (Å²) in [5.74, 6) is 0.869. The van der Waals surface area contributed by atoms with E-state index in [1.165, 1.54) is 5.56 Å². The second kappa shape index (κ2) is 9.41. The summed E-state index contributed by atoms with van der Waals surface area (Å²) in [4.78, 5) is 1.55. The normalized spacial score (nSPS) is 15.8. The standard InChI is InChI=1S/C21H24ClN3O/c1-26-21-11-5-3-7-18(21)9-6-12-23-25-15-13-24(14-16-25)17-19-8-2-4-10-20(19)22/h2-12H,13-17H2,1H3/p+1/b9-6+,23-12-. The highest BCUT2D eigenvalue weighted by Crippen LogP contribution is 2.18. The Labute approximate surface area is 160 Å². The van der Waals surface area contributed by atoms with E-state index >= 15 is 0 Å². The fourth-order valence-corrected chi connectivity index (χ4v) is 3.30. The summed E-state index contributed by atoms with van der Waals surface area (Å²) < 4.78 is 5.34. The molecule has 0 aromatic heterocycles. The zero-order valence-corrected chi connectivity index (χ0v) is 15.8. The average molecular weight is 371 g/mol. The first kappa shape index (κ1) is 18.5. The molecule has 0 bridgehead atoms. The number of nitrogens with zero attached hydrogens (tertiary/aromatic N) is 2. The Kier molecular flexibility index (Phi) is 6.69. The van der Waals surface area contributed by atoms with Crippen molar-refractivity contribution in [1.29, 1.82) is 0 Å². The number of halogens is 1. The molecule has 1 heterocycles. The van der Waals surface area contributed by atoms with E-state index in [9.17, 15) is 0 Å². The molecule has 0 amide bonds. The fourth-order valence-electron chi connectivity index (χ4n) is 3.10. The number of para-hydroxylation sites is 1. The molecule has 2 aromatic rings. The van der Waals surface area contributed by atoms with Gasteiger partial charge in [0.2, 0.25) is 0 Å². The van der Waals surface area contributed by atoms with Crippen LogP contribution in [0.5, 0.6) is 5.75 Å². The number of rotatable bonds is 6. The van der Waals surface area contributed by atoms with Crippen LogP contribution in [0.25, 0.3) is 6.08 Å². The average Bonchev–Trinajstić information content (AvgIpc) is 2.68. The van der Waals surface area contributed by atoms with Crippen LogP contribution in [-0.2, 0) is 6.54 Å². The summed E-state index contributed by atoms with van der Waals surface area (Å²) in [5.41, 5.74) is 2.27. The Bertz CT molecular complexity index is 767. The molecule has 1 aliphatic rings. The van der Waals surface area contributed by atoms with Gasteiger partial charge in [0, 0.05) is 22.4 Å². The molecule has 3 rings (SSSR count). The van der Waals surface area contributed by atoms with Gasteiger partial charge in [0.1, 0.15) is 12.3 Å². The lowest BCUT2D eigenvalue weighted by Gasteiger charge is -2.30. The molecule has 5 heteroatoms. The van der Waals surface area contributed by atoms with Crippen LogP contribution in [0.1, 0.15) is 11.1 Å². The topological polar surface area (TPSA) is 29.3 Å². The van der Waals surface area contributed by atoms with Gasteiger partial charge in [-0.25, -0.2) is 0 Å². The molecule has 4 nitrogen and oxygen atoms in total. The van der Waals surface area contributed by atoms with Crippen molar-refractivity contribution in [2.24, 2.45) is 5.10 Å². The Hall–Kier alpha value is -2.30. The van der Waals surface area contributed by atoms with Gasteiger partial charge < -0.3 is 9.64 Å². The van der Waals surface area contributed by atoms with Gasteiger partial charge in [0.15, 0.2) is 0 Å². The lowest BCUT2D eigenvalue weighted by Crippen LogP contribution is -3.13. The highest BCUT2D eigenvalue weighted by molar-refractivity contribution is 6.31. The maximum Gasteiger partial charge on any atom is 0.126 e. The van der Waals surface area contributed by atoms with Crippen LogP contribution >= 0.6 is 11.6 Å². The molecule has 0 spiro atoms. The zero-order valence-electron chi connectivity index (χ0n) is 15.1. The van der Waals surface area contributed by atoms with Crippen molar-refractivity contribution in [3.63, 3.8) is 0 Å².